The lowest BCUT2D eigenvalue weighted by Crippen LogP contribution is -2.39. The zero-order valence-corrected chi connectivity index (χ0v) is 11.8. The van der Waals surface area contributed by atoms with Crippen molar-refractivity contribution < 1.29 is 0 Å². The van der Waals surface area contributed by atoms with Gasteiger partial charge >= 0.3 is 0 Å². The largest absolute Gasteiger partial charge is 0.313 e. The molecule has 2 nitrogen and oxygen atoms in total. The molecule has 1 aliphatic rings. The van der Waals surface area contributed by atoms with E-state index in [4.69, 9.17) is 0 Å². The van der Waals surface area contributed by atoms with E-state index in [0.717, 1.165) is 18.5 Å². The van der Waals surface area contributed by atoms with Crippen LogP contribution in [0.5, 0.6) is 0 Å². The highest BCUT2D eigenvalue weighted by Crippen LogP contribution is 2.27. The molecule has 1 rings (SSSR count). The van der Waals surface area contributed by atoms with Crippen molar-refractivity contribution in [3.63, 3.8) is 0 Å². The highest BCUT2D eigenvalue weighted by Gasteiger charge is 2.26. The summed E-state index contributed by atoms with van der Waals surface area (Å²) in [5, 5.41) is 3.63. The molecular formula is C14H30N2. The van der Waals surface area contributed by atoms with Gasteiger partial charge in [-0.05, 0) is 30.7 Å². The second-order valence-corrected chi connectivity index (χ2v) is 6.27. The number of rotatable bonds is 4. The van der Waals surface area contributed by atoms with E-state index in [1.807, 2.05) is 0 Å². The first-order valence-corrected chi connectivity index (χ1v) is 6.91. The molecular weight excluding hydrogens is 196 g/mol. The summed E-state index contributed by atoms with van der Waals surface area (Å²) < 4.78 is 0. The molecule has 16 heavy (non-hydrogen) atoms. The van der Waals surface area contributed by atoms with Gasteiger partial charge in [-0.1, -0.05) is 34.6 Å². The van der Waals surface area contributed by atoms with Crippen LogP contribution in [0.15, 0.2) is 0 Å². The topological polar surface area (TPSA) is 15.3 Å². The van der Waals surface area contributed by atoms with Crippen LogP contribution in [0.4, 0.5) is 0 Å². The van der Waals surface area contributed by atoms with Crippen molar-refractivity contribution in [1.29, 1.82) is 0 Å². The van der Waals surface area contributed by atoms with Crippen molar-refractivity contribution in [3.8, 4) is 0 Å². The van der Waals surface area contributed by atoms with Crippen LogP contribution in [-0.2, 0) is 0 Å². The number of hydrogen-bond acceptors (Lipinski definition) is 2. The van der Waals surface area contributed by atoms with Crippen molar-refractivity contribution in [1.82, 2.24) is 10.2 Å². The second-order valence-electron chi connectivity index (χ2n) is 6.27. The van der Waals surface area contributed by atoms with Gasteiger partial charge in [0, 0.05) is 25.7 Å². The summed E-state index contributed by atoms with van der Waals surface area (Å²) in [7, 11) is 0. The first-order chi connectivity index (χ1) is 7.45. The smallest absolute Gasteiger partial charge is 0.0107 e. The Hall–Kier alpha value is -0.0800. The number of nitrogens with one attached hydrogen (secondary N) is 1. The van der Waals surface area contributed by atoms with Crippen molar-refractivity contribution >= 4 is 0 Å². The molecule has 0 aliphatic carbocycles. The average Bonchev–Trinajstić information content (AvgIpc) is 2.42. The minimum atomic E-state index is 0.437. The molecule has 0 aromatic heterocycles. The Balaban J connectivity index is 2.43. The summed E-state index contributed by atoms with van der Waals surface area (Å²) in [6.45, 7) is 16.6. The van der Waals surface area contributed by atoms with Gasteiger partial charge in [-0.25, -0.2) is 0 Å². The molecule has 0 spiro atoms. The van der Waals surface area contributed by atoms with E-state index in [9.17, 15) is 0 Å². The fourth-order valence-electron chi connectivity index (χ4n) is 2.24. The minimum Gasteiger partial charge on any atom is -0.313 e. The van der Waals surface area contributed by atoms with Gasteiger partial charge in [-0.15, -0.1) is 0 Å². The van der Waals surface area contributed by atoms with Gasteiger partial charge < -0.3 is 10.2 Å². The van der Waals surface area contributed by atoms with E-state index in [1.165, 1.54) is 32.5 Å². The van der Waals surface area contributed by atoms with Gasteiger partial charge in [-0.2, -0.15) is 0 Å². The molecule has 1 fully saturated rings. The summed E-state index contributed by atoms with van der Waals surface area (Å²) in [5.74, 6) is 0.755. The van der Waals surface area contributed by atoms with Crippen LogP contribution in [-0.4, -0.2) is 37.1 Å². The van der Waals surface area contributed by atoms with Crippen LogP contribution >= 0.6 is 0 Å². The van der Waals surface area contributed by atoms with Gasteiger partial charge in [0.2, 0.25) is 0 Å². The maximum Gasteiger partial charge on any atom is 0.0107 e. The van der Waals surface area contributed by atoms with Crippen molar-refractivity contribution in [3.05, 3.63) is 0 Å². The Bertz CT molecular complexity index is 199. The second kappa shape index (κ2) is 6.02. The Morgan fingerprint density at radius 2 is 2.00 bits per heavy atom. The highest BCUT2D eigenvalue weighted by molar-refractivity contribution is 4.80. The Kier molecular flexibility index (Phi) is 5.26. The zero-order valence-electron chi connectivity index (χ0n) is 11.8. The average molecular weight is 226 g/mol. The van der Waals surface area contributed by atoms with Gasteiger partial charge in [0.15, 0.2) is 0 Å². The van der Waals surface area contributed by atoms with E-state index in [1.54, 1.807) is 0 Å². The minimum absolute atomic E-state index is 0.437. The van der Waals surface area contributed by atoms with Crippen molar-refractivity contribution in [2.75, 3.05) is 26.2 Å². The molecule has 1 N–H and O–H groups in total. The maximum atomic E-state index is 3.63. The van der Waals surface area contributed by atoms with Crippen LogP contribution in [0.3, 0.4) is 0 Å². The molecule has 2 heteroatoms. The first-order valence-electron chi connectivity index (χ1n) is 6.91. The first kappa shape index (κ1) is 14.0. The lowest BCUT2D eigenvalue weighted by atomic mass is 9.80. The molecule has 0 saturated carbocycles. The zero-order chi connectivity index (χ0) is 12.2. The number of nitrogens with zero attached hydrogens (tertiary/aromatic N) is 1. The molecule has 1 heterocycles. The Labute approximate surface area is 102 Å². The maximum absolute atomic E-state index is 3.63. The van der Waals surface area contributed by atoms with E-state index in [-0.39, 0.29) is 0 Å². The molecule has 0 amide bonds. The highest BCUT2D eigenvalue weighted by atomic mass is 15.2. The summed E-state index contributed by atoms with van der Waals surface area (Å²) in [5.41, 5.74) is 0.437. The fourth-order valence-corrected chi connectivity index (χ4v) is 2.24. The molecule has 1 unspecified atom stereocenters. The predicted octanol–water partition coefficient (Wildman–Crippen LogP) is 2.74. The summed E-state index contributed by atoms with van der Waals surface area (Å²) in [6.07, 6.45) is 2.58. The van der Waals surface area contributed by atoms with E-state index in [2.05, 4.69) is 44.8 Å². The Morgan fingerprint density at radius 1 is 1.31 bits per heavy atom. The Morgan fingerprint density at radius 3 is 2.56 bits per heavy atom. The summed E-state index contributed by atoms with van der Waals surface area (Å²) in [4.78, 5) is 2.64. The molecule has 96 valence electrons. The van der Waals surface area contributed by atoms with Crippen LogP contribution in [0, 0.1) is 11.3 Å². The SMILES string of the molecule is CCC1CCN(CC(C)(C)C(C)C)CCN1. The van der Waals surface area contributed by atoms with Crippen molar-refractivity contribution in [2.24, 2.45) is 11.3 Å². The lowest BCUT2D eigenvalue weighted by molar-refractivity contribution is 0.139. The number of hydrogen-bond donors (Lipinski definition) is 1. The van der Waals surface area contributed by atoms with Gasteiger partial charge in [0.05, 0.1) is 0 Å². The summed E-state index contributed by atoms with van der Waals surface area (Å²) >= 11 is 0. The van der Waals surface area contributed by atoms with E-state index >= 15 is 0 Å². The van der Waals surface area contributed by atoms with Gasteiger partial charge in [0.1, 0.15) is 0 Å². The molecule has 0 radical (unpaired) electrons. The third-order valence-corrected chi connectivity index (χ3v) is 4.34. The lowest BCUT2D eigenvalue weighted by Gasteiger charge is -2.35. The van der Waals surface area contributed by atoms with Gasteiger partial charge in [0.25, 0.3) is 0 Å². The van der Waals surface area contributed by atoms with E-state index < -0.39 is 0 Å². The van der Waals surface area contributed by atoms with Crippen LogP contribution < -0.4 is 5.32 Å². The third kappa shape index (κ3) is 4.06. The standard InChI is InChI=1S/C14H30N2/c1-6-13-7-9-16(10-8-15-13)11-14(4,5)12(2)3/h12-13,15H,6-11H2,1-5H3. The molecule has 0 bridgehead atoms. The van der Waals surface area contributed by atoms with Crippen LogP contribution in [0.2, 0.25) is 0 Å². The summed E-state index contributed by atoms with van der Waals surface area (Å²) in [6, 6.07) is 0.743. The quantitative estimate of drug-likeness (QED) is 0.793. The van der Waals surface area contributed by atoms with E-state index in [0.29, 0.717) is 5.41 Å². The molecule has 0 aromatic carbocycles. The molecule has 1 atom stereocenters. The van der Waals surface area contributed by atoms with Crippen LogP contribution in [0.1, 0.15) is 47.5 Å². The monoisotopic (exact) mass is 226 g/mol. The normalized spacial score (nSPS) is 24.8. The van der Waals surface area contributed by atoms with Gasteiger partial charge in [-0.3, -0.25) is 0 Å². The fraction of sp³-hybridized carbons (Fsp3) is 1.00. The predicted molar refractivity (Wildman–Crippen MR) is 71.8 cm³/mol. The van der Waals surface area contributed by atoms with Crippen LogP contribution in [0.25, 0.3) is 0 Å². The molecule has 1 saturated heterocycles. The third-order valence-electron chi connectivity index (χ3n) is 4.34. The van der Waals surface area contributed by atoms with Crippen molar-refractivity contribution in [2.45, 2.75) is 53.5 Å². The molecule has 0 aromatic rings. The molecule has 1 aliphatic heterocycles.